The van der Waals surface area contributed by atoms with Gasteiger partial charge in [0, 0.05) is 58.2 Å². The van der Waals surface area contributed by atoms with Gasteiger partial charge >= 0.3 is 0 Å². The van der Waals surface area contributed by atoms with Gasteiger partial charge in [-0.15, -0.1) is 0 Å². The number of ether oxygens (including phenoxy) is 1. The van der Waals surface area contributed by atoms with Crippen molar-refractivity contribution in [3.8, 4) is 22.9 Å². The first-order valence-electron chi connectivity index (χ1n) is 13.1. The van der Waals surface area contributed by atoms with Crippen LogP contribution in [-0.4, -0.2) is 61.4 Å². The number of aromatic nitrogens is 2. The van der Waals surface area contributed by atoms with Gasteiger partial charge in [0.2, 0.25) is 5.88 Å². The Hall–Kier alpha value is -3.71. The van der Waals surface area contributed by atoms with E-state index in [2.05, 4.69) is 89.8 Å². The number of hydrogen-bond acceptors (Lipinski definition) is 7. The third kappa shape index (κ3) is 7.42. The topological polar surface area (TPSA) is 79.9 Å². The van der Waals surface area contributed by atoms with Gasteiger partial charge in [0.15, 0.2) is 0 Å². The maximum absolute atomic E-state index is 6.24. The zero-order chi connectivity index (χ0) is 27.8. The van der Waals surface area contributed by atoms with E-state index in [0.29, 0.717) is 11.7 Å². The normalized spacial score (nSPS) is 14.4. The molecule has 7 nitrogen and oxygen atoms in total. The second kappa shape index (κ2) is 13.2. The highest BCUT2D eigenvalue weighted by Gasteiger charge is 2.19. The number of aryl methyl sites for hydroxylation is 5. The maximum atomic E-state index is 6.24. The molecule has 0 amide bonds. The number of anilines is 1. The van der Waals surface area contributed by atoms with Crippen LogP contribution in [-0.2, 0) is 0 Å². The average molecular weight is 517 g/mol. The van der Waals surface area contributed by atoms with Crippen molar-refractivity contribution in [2.45, 2.75) is 41.5 Å². The highest BCUT2D eigenvalue weighted by atomic mass is 16.5. The third-order valence-corrected chi connectivity index (χ3v) is 6.65. The van der Waals surface area contributed by atoms with E-state index in [-0.39, 0.29) is 1.43 Å². The van der Waals surface area contributed by atoms with Crippen LogP contribution in [0.4, 0.5) is 5.69 Å². The summed E-state index contributed by atoms with van der Waals surface area (Å²) in [4.78, 5) is 17.8. The van der Waals surface area contributed by atoms with Crippen molar-refractivity contribution in [2.24, 2.45) is 10.7 Å². The van der Waals surface area contributed by atoms with Crippen LogP contribution in [0.3, 0.4) is 0 Å². The zero-order valence-corrected chi connectivity index (χ0v) is 24.2. The standard InChI is InChI=1S/C26H32N4O.C5H10N2.H2/c1-17-8-7-9-18(2)25(17)23-16-24(28-21(5)27-23)31-22-14-19(3)26(20(4)15-22)30-12-10-29(6)11-13-30;1-5(3-6)4-7-2;/h7-9,14-16H,10-13H2,1-6H3;3-4H,6H2,1-2H3;1H/b;5-3-,7-4?;. The van der Waals surface area contributed by atoms with E-state index in [1.165, 1.54) is 34.1 Å². The first-order chi connectivity index (χ1) is 18.1. The quantitative estimate of drug-likeness (QED) is 0.418. The van der Waals surface area contributed by atoms with Crippen LogP contribution in [0.25, 0.3) is 11.3 Å². The molecule has 0 unspecified atom stereocenters. The summed E-state index contributed by atoms with van der Waals surface area (Å²) < 4.78 is 6.24. The van der Waals surface area contributed by atoms with Gasteiger partial charge in [-0.2, -0.15) is 4.98 Å². The largest absolute Gasteiger partial charge is 0.439 e. The summed E-state index contributed by atoms with van der Waals surface area (Å²) in [6.45, 7) is 16.7. The lowest BCUT2D eigenvalue weighted by Gasteiger charge is -2.36. The Bertz CT molecular complexity index is 1270. The molecule has 0 aliphatic carbocycles. The van der Waals surface area contributed by atoms with E-state index < -0.39 is 0 Å². The van der Waals surface area contributed by atoms with Crippen molar-refractivity contribution in [2.75, 3.05) is 45.2 Å². The molecular formula is C31H44N6O. The predicted octanol–water partition coefficient (Wildman–Crippen LogP) is 6.03. The lowest BCUT2D eigenvalue weighted by atomic mass is 10.00. The van der Waals surface area contributed by atoms with Crippen LogP contribution in [0.15, 0.2) is 53.2 Å². The zero-order valence-electron chi connectivity index (χ0n) is 24.2. The molecule has 4 rings (SSSR count). The van der Waals surface area contributed by atoms with Crippen LogP contribution in [0.2, 0.25) is 0 Å². The number of piperazine rings is 1. The summed E-state index contributed by atoms with van der Waals surface area (Å²) in [6, 6.07) is 12.5. The molecular weight excluding hydrogens is 472 g/mol. The fourth-order valence-electron chi connectivity index (χ4n) is 4.81. The van der Waals surface area contributed by atoms with Gasteiger partial charge < -0.3 is 20.3 Å². The van der Waals surface area contributed by atoms with Crippen LogP contribution in [0.1, 0.15) is 36.4 Å². The van der Waals surface area contributed by atoms with E-state index in [9.17, 15) is 0 Å². The molecule has 1 aliphatic rings. The van der Waals surface area contributed by atoms with Crippen molar-refractivity contribution >= 4 is 11.9 Å². The van der Waals surface area contributed by atoms with Crippen molar-refractivity contribution in [1.82, 2.24) is 14.9 Å². The van der Waals surface area contributed by atoms with Crippen LogP contribution >= 0.6 is 0 Å². The maximum Gasteiger partial charge on any atom is 0.223 e. The molecule has 38 heavy (non-hydrogen) atoms. The minimum absolute atomic E-state index is 0. The summed E-state index contributed by atoms with van der Waals surface area (Å²) in [5.41, 5.74) is 14.3. The first-order valence-corrected chi connectivity index (χ1v) is 13.1. The predicted molar refractivity (Wildman–Crippen MR) is 162 cm³/mol. The van der Waals surface area contributed by atoms with Gasteiger partial charge in [-0.3, -0.25) is 4.99 Å². The fraction of sp³-hybridized carbons (Fsp3) is 0.387. The van der Waals surface area contributed by atoms with Gasteiger partial charge in [-0.1, -0.05) is 18.2 Å². The molecule has 1 fully saturated rings. The third-order valence-electron chi connectivity index (χ3n) is 6.65. The number of rotatable bonds is 5. The molecule has 1 aromatic heterocycles. The van der Waals surface area contributed by atoms with E-state index >= 15 is 0 Å². The van der Waals surface area contributed by atoms with Crippen molar-refractivity contribution in [1.29, 1.82) is 0 Å². The summed E-state index contributed by atoms with van der Waals surface area (Å²) >= 11 is 0. The Labute approximate surface area is 229 Å². The molecule has 0 saturated carbocycles. The molecule has 1 saturated heterocycles. The molecule has 2 aromatic carbocycles. The summed E-state index contributed by atoms with van der Waals surface area (Å²) in [5, 5.41) is 0. The Morgan fingerprint density at radius 1 is 0.947 bits per heavy atom. The van der Waals surface area contributed by atoms with Crippen molar-refractivity contribution in [3.63, 3.8) is 0 Å². The van der Waals surface area contributed by atoms with E-state index in [0.717, 1.165) is 48.8 Å². The lowest BCUT2D eigenvalue weighted by Crippen LogP contribution is -2.45. The number of nitrogens with two attached hydrogens (primary N) is 1. The summed E-state index contributed by atoms with van der Waals surface area (Å²) in [7, 11) is 3.90. The molecule has 0 radical (unpaired) electrons. The molecule has 204 valence electrons. The molecule has 0 atom stereocenters. The minimum atomic E-state index is 0. The van der Waals surface area contributed by atoms with Crippen molar-refractivity contribution in [3.05, 3.63) is 76.2 Å². The molecule has 7 heteroatoms. The van der Waals surface area contributed by atoms with Crippen LogP contribution < -0.4 is 15.4 Å². The van der Waals surface area contributed by atoms with Gasteiger partial charge in [-0.05, 0) is 94.7 Å². The van der Waals surface area contributed by atoms with Crippen LogP contribution in [0.5, 0.6) is 11.6 Å². The number of hydrogen-bond donors (Lipinski definition) is 1. The van der Waals surface area contributed by atoms with Gasteiger partial charge in [0.25, 0.3) is 0 Å². The van der Waals surface area contributed by atoms with E-state index in [4.69, 9.17) is 10.5 Å². The Balaban J connectivity index is 0.000000592. The fourth-order valence-corrected chi connectivity index (χ4v) is 4.81. The summed E-state index contributed by atoms with van der Waals surface area (Å²) in [5.74, 6) is 2.10. The number of allylic oxidation sites excluding steroid dienone is 1. The average Bonchev–Trinajstić information content (AvgIpc) is 2.85. The number of aliphatic imine (C=N–C) groups is 1. The smallest absolute Gasteiger partial charge is 0.223 e. The van der Waals surface area contributed by atoms with Crippen molar-refractivity contribution < 1.29 is 6.16 Å². The summed E-state index contributed by atoms with van der Waals surface area (Å²) in [6.07, 6.45) is 3.23. The van der Waals surface area contributed by atoms with Crippen LogP contribution in [0, 0.1) is 34.6 Å². The Morgan fingerprint density at radius 2 is 1.55 bits per heavy atom. The Morgan fingerprint density at radius 3 is 2.08 bits per heavy atom. The Kier molecular flexibility index (Phi) is 10.0. The highest BCUT2D eigenvalue weighted by Crippen LogP contribution is 2.33. The monoisotopic (exact) mass is 516 g/mol. The number of benzene rings is 2. The second-order valence-corrected chi connectivity index (χ2v) is 10.0. The van der Waals surface area contributed by atoms with E-state index in [1.807, 2.05) is 19.9 Å². The van der Waals surface area contributed by atoms with Gasteiger partial charge in [0.1, 0.15) is 11.6 Å². The number of likely N-dealkylation sites (N-methyl/N-ethyl adjacent to an activating group) is 1. The van der Waals surface area contributed by atoms with E-state index in [1.54, 1.807) is 13.3 Å². The van der Waals surface area contributed by atoms with Gasteiger partial charge in [-0.25, -0.2) is 4.98 Å². The molecule has 1 aliphatic heterocycles. The molecule has 3 aromatic rings. The molecule has 2 N–H and O–H groups in total. The lowest BCUT2D eigenvalue weighted by molar-refractivity contribution is 0.312. The van der Waals surface area contributed by atoms with Gasteiger partial charge in [0.05, 0.1) is 5.69 Å². The molecule has 0 bridgehead atoms. The second-order valence-electron chi connectivity index (χ2n) is 10.0. The molecule has 0 spiro atoms. The highest BCUT2D eigenvalue weighted by molar-refractivity contribution is 5.77. The molecule has 2 heterocycles. The minimum Gasteiger partial charge on any atom is -0.439 e. The number of nitrogens with zero attached hydrogens (tertiary/aromatic N) is 5. The first kappa shape index (κ1) is 28.9. The SMILES string of the molecule is CN=C/C(C)=C\N.Cc1nc(Oc2cc(C)c(N3CCN(C)CC3)c(C)c2)cc(-c2c(C)cccc2C)n1.[HH].